The van der Waals surface area contributed by atoms with Crippen LogP contribution in [0.25, 0.3) is 16.7 Å². The fourth-order valence-corrected chi connectivity index (χ4v) is 4.59. The van der Waals surface area contributed by atoms with E-state index in [0.29, 0.717) is 43.2 Å². The Morgan fingerprint density at radius 1 is 0.800 bits per heavy atom. The lowest BCUT2D eigenvalue weighted by Gasteiger charge is -2.37. The number of hydrogen-bond acceptors (Lipinski definition) is 5. The van der Waals surface area contributed by atoms with Crippen LogP contribution in [0.4, 0.5) is 0 Å². The first-order valence-corrected chi connectivity index (χ1v) is 11.7. The Bertz CT molecular complexity index is 1390. The van der Waals surface area contributed by atoms with E-state index in [4.69, 9.17) is 9.47 Å². The van der Waals surface area contributed by atoms with E-state index in [0.717, 1.165) is 16.7 Å². The third-order valence-corrected chi connectivity index (χ3v) is 6.51. The highest BCUT2D eigenvalue weighted by Crippen LogP contribution is 2.31. The zero-order valence-electron chi connectivity index (χ0n) is 19.0. The van der Waals surface area contributed by atoms with Gasteiger partial charge in [0, 0.05) is 37.4 Å². The SMILES string of the molecule is O=C(c1ccc(-n2cnc3ccccc32)cc1)N1CCN(C(=O)C2COc3ccccc3O2)CC1. The number of nitrogens with zero attached hydrogens (tertiary/aromatic N) is 4. The van der Waals surface area contributed by atoms with Gasteiger partial charge in [-0.3, -0.25) is 14.2 Å². The summed E-state index contributed by atoms with van der Waals surface area (Å²) in [5.74, 6) is 1.09. The van der Waals surface area contributed by atoms with Gasteiger partial charge in [-0.25, -0.2) is 4.98 Å². The molecule has 8 heteroatoms. The van der Waals surface area contributed by atoms with Gasteiger partial charge in [0.15, 0.2) is 11.5 Å². The number of fused-ring (bicyclic) bond motifs is 2. The molecule has 0 radical (unpaired) electrons. The summed E-state index contributed by atoms with van der Waals surface area (Å²) in [6.07, 6.45) is 1.12. The van der Waals surface area contributed by atoms with Gasteiger partial charge in [-0.2, -0.15) is 0 Å². The molecule has 8 nitrogen and oxygen atoms in total. The summed E-state index contributed by atoms with van der Waals surface area (Å²) in [6.45, 7) is 2.06. The summed E-state index contributed by atoms with van der Waals surface area (Å²) in [7, 11) is 0. The largest absolute Gasteiger partial charge is 0.485 e. The monoisotopic (exact) mass is 468 g/mol. The molecule has 1 atom stereocenters. The zero-order valence-corrected chi connectivity index (χ0v) is 19.0. The molecule has 0 aliphatic carbocycles. The van der Waals surface area contributed by atoms with Crippen LogP contribution in [0.5, 0.6) is 11.5 Å². The van der Waals surface area contributed by atoms with Crippen molar-refractivity contribution in [2.45, 2.75) is 6.10 Å². The molecule has 2 aliphatic heterocycles. The Balaban J connectivity index is 1.08. The Morgan fingerprint density at radius 3 is 2.29 bits per heavy atom. The van der Waals surface area contributed by atoms with E-state index in [1.165, 1.54) is 0 Å². The molecular formula is C27H24N4O4. The van der Waals surface area contributed by atoms with E-state index >= 15 is 0 Å². The molecule has 1 unspecified atom stereocenters. The first-order valence-electron chi connectivity index (χ1n) is 11.7. The molecule has 3 heterocycles. The topological polar surface area (TPSA) is 76.9 Å². The zero-order chi connectivity index (χ0) is 23.8. The van der Waals surface area contributed by atoms with Crippen molar-refractivity contribution in [3.05, 3.63) is 84.7 Å². The van der Waals surface area contributed by atoms with Gasteiger partial charge in [0.2, 0.25) is 6.10 Å². The van der Waals surface area contributed by atoms with Crippen molar-refractivity contribution in [3.8, 4) is 17.2 Å². The molecular weight excluding hydrogens is 444 g/mol. The van der Waals surface area contributed by atoms with Gasteiger partial charge < -0.3 is 19.3 Å². The number of ether oxygens (including phenoxy) is 2. The summed E-state index contributed by atoms with van der Waals surface area (Å²) in [5.41, 5.74) is 3.51. The second-order valence-corrected chi connectivity index (χ2v) is 8.63. The molecule has 6 rings (SSSR count). The van der Waals surface area contributed by atoms with E-state index in [-0.39, 0.29) is 18.4 Å². The van der Waals surface area contributed by atoms with Crippen molar-refractivity contribution in [1.82, 2.24) is 19.4 Å². The fourth-order valence-electron chi connectivity index (χ4n) is 4.59. The Kier molecular flexibility index (Phi) is 5.33. The molecule has 4 aromatic rings. The first-order chi connectivity index (χ1) is 17.2. The molecule has 35 heavy (non-hydrogen) atoms. The third-order valence-electron chi connectivity index (χ3n) is 6.51. The molecule has 176 valence electrons. The predicted octanol–water partition coefficient (Wildman–Crippen LogP) is 3.15. The number of carbonyl (C=O) groups is 2. The lowest BCUT2D eigenvalue weighted by molar-refractivity contribution is -0.142. The van der Waals surface area contributed by atoms with E-state index < -0.39 is 6.10 Å². The highest BCUT2D eigenvalue weighted by Gasteiger charge is 2.33. The fraction of sp³-hybridized carbons (Fsp3) is 0.222. The minimum atomic E-state index is -0.668. The second kappa shape index (κ2) is 8.79. The minimum absolute atomic E-state index is 0.0367. The highest BCUT2D eigenvalue weighted by atomic mass is 16.6. The number of amides is 2. The van der Waals surface area contributed by atoms with Crippen LogP contribution in [-0.4, -0.2) is 70.1 Å². The van der Waals surface area contributed by atoms with Crippen molar-refractivity contribution in [2.75, 3.05) is 32.8 Å². The Morgan fingerprint density at radius 2 is 1.49 bits per heavy atom. The summed E-state index contributed by atoms with van der Waals surface area (Å²) in [4.78, 5) is 34.0. The number of benzene rings is 3. The van der Waals surface area contributed by atoms with Gasteiger partial charge in [-0.15, -0.1) is 0 Å². The lowest BCUT2D eigenvalue weighted by atomic mass is 10.1. The van der Waals surface area contributed by atoms with Crippen molar-refractivity contribution in [1.29, 1.82) is 0 Å². The molecule has 1 saturated heterocycles. The van der Waals surface area contributed by atoms with Crippen LogP contribution in [0.15, 0.2) is 79.1 Å². The average Bonchev–Trinajstić information content (AvgIpc) is 3.36. The first kappa shape index (κ1) is 21.2. The van der Waals surface area contributed by atoms with Gasteiger partial charge in [0.05, 0.1) is 11.0 Å². The van der Waals surface area contributed by atoms with Gasteiger partial charge in [-0.05, 0) is 48.5 Å². The number of hydrogen-bond donors (Lipinski definition) is 0. The molecule has 1 fully saturated rings. The summed E-state index contributed by atoms with van der Waals surface area (Å²) in [6, 6.07) is 22.8. The molecule has 1 aromatic heterocycles. The van der Waals surface area contributed by atoms with E-state index in [9.17, 15) is 9.59 Å². The van der Waals surface area contributed by atoms with Crippen molar-refractivity contribution in [2.24, 2.45) is 0 Å². The normalized spacial score (nSPS) is 17.4. The standard InChI is InChI=1S/C27H24N4O4/c32-26(19-9-11-20(12-10-19)31-18-28-21-5-1-2-6-22(21)31)29-13-15-30(16-14-29)27(33)25-17-34-23-7-3-4-8-24(23)35-25/h1-12,18,25H,13-17H2. The Hall–Kier alpha value is -4.33. The molecule has 3 aromatic carbocycles. The van der Waals surface area contributed by atoms with Gasteiger partial charge in [-0.1, -0.05) is 24.3 Å². The van der Waals surface area contributed by atoms with Crippen LogP contribution in [-0.2, 0) is 4.79 Å². The number of imidazole rings is 1. The van der Waals surface area contributed by atoms with Crippen LogP contribution in [0.2, 0.25) is 0 Å². The predicted molar refractivity (Wildman–Crippen MR) is 130 cm³/mol. The van der Waals surface area contributed by atoms with Crippen molar-refractivity contribution >= 4 is 22.8 Å². The van der Waals surface area contributed by atoms with E-state index in [2.05, 4.69) is 4.98 Å². The van der Waals surface area contributed by atoms with Crippen molar-refractivity contribution in [3.63, 3.8) is 0 Å². The van der Waals surface area contributed by atoms with Gasteiger partial charge >= 0.3 is 0 Å². The maximum Gasteiger partial charge on any atom is 0.267 e. The molecule has 2 aliphatic rings. The van der Waals surface area contributed by atoms with Crippen LogP contribution < -0.4 is 9.47 Å². The number of rotatable bonds is 3. The summed E-state index contributed by atoms with van der Waals surface area (Å²) in [5, 5.41) is 0. The molecule has 2 amide bonds. The quantitative estimate of drug-likeness (QED) is 0.462. The maximum absolute atomic E-state index is 13.1. The van der Waals surface area contributed by atoms with E-state index in [1.54, 1.807) is 22.2 Å². The molecule has 0 saturated carbocycles. The number of aromatic nitrogens is 2. The third kappa shape index (κ3) is 3.97. The average molecular weight is 469 g/mol. The molecule has 0 spiro atoms. The smallest absolute Gasteiger partial charge is 0.267 e. The van der Waals surface area contributed by atoms with Gasteiger partial charge in [0.25, 0.3) is 11.8 Å². The molecule has 0 N–H and O–H groups in total. The second-order valence-electron chi connectivity index (χ2n) is 8.63. The number of piperazine rings is 1. The van der Waals surface area contributed by atoms with Crippen LogP contribution in [0.1, 0.15) is 10.4 Å². The van der Waals surface area contributed by atoms with Crippen LogP contribution in [0.3, 0.4) is 0 Å². The maximum atomic E-state index is 13.1. The number of carbonyl (C=O) groups excluding carboxylic acids is 2. The highest BCUT2D eigenvalue weighted by molar-refractivity contribution is 5.94. The van der Waals surface area contributed by atoms with E-state index in [1.807, 2.05) is 71.3 Å². The number of para-hydroxylation sites is 4. The Labute approximate surface area is 202 Å². The van der Waals surface area contributed by atoms with Crippen molar-refractivity contribution < 1.29 is 19.1 Å². The van der Waals surface area contributed by atoms with Crippen LogP contribution >= 0.6 is 0 Å². The van der Waals surface area contributed by atoms with Gasteiger partial charge in [0.1, 0.15) is 12.9 Å². The van der Waals surface area contributed by atoms with Crippen LogP contribution in [0, 0.1) is 0 Å². The summed E-state index contributed by atoms with van der Waals surface area (Å²) >= 11 is 0. The summed E-state index contributed by atoms with van der Waals surface area (Å²) < 4.78 is 13.5. The minimum Gasteiger partial charge on any atom is -0.485 e. The molecule has 0 bridgehead atoms. The lowest BCUT2D eigenvalue weighted by Crippen LogP contribution is -2.55.